The highest BCUT2D eigenvalue weighted by molar-refractivity contribution is 7.91. The molecule has 288 valence electrons. The highest BCUT2D eigenvalue weighted by atomic mass is 32.2. The van der Waals surface area contributed by atoms with E-state index in [1.807, 2.05) is 0 Å². The number of halogens is 4. The van der Waals surface area contributed by atoms with Gasteiger partial charge in [0.15, 0.2) is 0 Å². The van der Waals surface area contributed by atoms with Crippen molar-refractivity contribution in [3.05, 3.63) is 59.2 Å². The molecule has 1 aromatic carbocycles. The molecular formula is C35H42F4N6O7S. The molecule has 13 nitrogen and oxygen atoms in total. The van der Waals surface area contributed by atoms with Gasteiger partial charge in [-0.15, -0.1) is 0 Å². The molecule has 0 radical (unpaired) electrons. The van der Waals surface area contributed by atoms with Gasteiger partial charge in [0.1, 0.15) is 23.4 Å². The van der Waals surface area contributed by atoms with Gasteiger partial charge in [-0.2, -0.15) is 13.2 Å². The lowest BCUT2D eigenvalue weighted by Crippen LogP contribution is -2.58. The summed E-state index contributed by atoms with van der Waals surface area (Å²) in [5.74, 6) is -4.16. The highest BCUT2D eigenvalue weighted by Crippen LogP contribution is 2.48. The Morgan fingerprint density at radius 2 is 1.79 bits per heavy atom. The zero-order valence-corrected chi connectivity index (χ0v) is 30.4. The molecule has 3 fully saturated rings. The maximum atomic E-state index is 14.9. The lowest BCUT2D eigenvalue weighted by Gasteiger charge is -2.36. The Labute approximate surface area is 303 Å². The van der Waals surface area contributed by atoms with E-state index >= 15 is 0 Å². The first-order chi connectivity index (χ1) is 24.7. The quantitative estimate of drug-likeness (QED) is 0.255. The van der Waals surface area contributed by atoms with Gasteiger partial charge in [-0.1, -0.05) is 46.2 Å². The van der Waals surface area contributed by atoms with Gasteiger partial charge in [0.25, 0.3) is 5.91 Å². The molecule has 6 atom stereocenters. The number of nitrogens with one attached hydrogen (secondary N) is 3. The normalized spacial score (nSPS) is 26.1. The molecule has 0 spiro atoms. The van der Waals surface area contributed by atoms with Gasteiger partial charge in [-0.05, 0) is 54.7 Å². The van der Waals surface area contributed by atoms with Crippen molar-refractivity contribution in [1.82, 2.24) is 24.8 Å². The zero-order valence-electron chi connectivity index (χ0n) is 29.5. The minimum Gasteiger partial charge on any atom is -0.465 e. The van der Waals surface area contributed by atoms with Crippen molar-refractivity contribution in [2.75, 3.05) is 11.9 Å². The minimum atomic E-state index is -4.72. The molecule has 4 aliphatic rings. The number of anilines is 1. The second-order valence-electron chi connectivity index (χ2n) is 15.5. The molecule has 53 heavy (non-hydrogen) atoms. The van der Waals surface area contributed by atoms with Crippen molar-refractivity contribution in [2.45, 2.75) is 101 Å². The Morgan fingerprint density at radius 3 is 2.38 bits per heavy atom. The fourth-order valence-electron chi connectivity index (χ4n) is 7.69. The number of hydrogen-bond acceptors (Lipinski definition) is 8. The van der Waals surface area contributed by atoms with Crippen LogP contribution in [0.3, 0.4) is 0 Å². The number of carbonyl (C=O) groups is 4. The average Bonchev–Trinajstić information content (AvgIpc) is 3.96. The van der Waals surface area contributed by atoms with Crippen molar-refractivity contribution in [3.8, 4) is 0 Å². The Balaban J connectivity index is 1.35. The van der Waals surface area contributed by atoms with E-state index in [-0.39, 0.29) is 37.2 Å². The van der Waals surface area contributed by atoms with Crippen molar-refractivity contribution >= 4 is 39.5 Å². The first kappa shape index (κ1) is 38.3. The second kappa shape index (κ2) is 13.4. The molecule has 4 N–H and O–H groups in total. The number of aromatic nitrogens is 1. The van der Waals surface area contributed by atoms with Crippen LogP contribution in [0.1, 0.15) is 82.5 Å². The molecule has 18 heteroatoms. The molecule has 6 rings (SSSR count). The number of amides is 4. The maximum Gasteiger partial charge on any atom is 0.417 e. The Bertz CT molecular complexity index is 1940. The van der Waals surface area contributed by atoms with Crippen LogP contribution in [0.2, 0.25) is 0 Å². The van der Waals surface area contributed by atoms with Crippen LogP contribution in [0, 0.1) is 23.1 Å². The number of nitrogens with zero attached hydrogens (tertiary/aromatic N) is 3. The molecule has 1 unspecified atom stereocenters. The van der Waals surface area contributed by atoms with Crippen LogP contribution in [0.15, 0.2) is 36.7 Å². The van der Waals surface area contributed by atoms with Gasteiger partial charge in [-0.25, -0.2) is 17.6 Å². The second-order valence-corrected chi connectivity index (χ2v) is 17.5. The Morgan fingerprint density at radius 1 is 1.09 bits per heavy atom. The molecule has 2 aliphatic heterocycles. The fraction of sp³-hybridized carbons (Fsp3) is 0.571. The van der Waals surface area contributed by atoms with E-state index in [9.17, 15) is 50.3 Å². The molecule has 0 bridgehead atoms. The summed E-state index contributed by atoms with van der Waals surface area (Å²) >= 11 is 0. The van der Waals surface area contributed by atoms with E-state index in [2.05, 4.69) is 20.3 Å². The van der Waals surface area contributed by atoms with Gasteiger partial charge in [0, 0.05) is 30.4 Å². The van der Waals surface area contributed by atoms with Crippen molar-refractivity contribution < 1.29 is 50.3 Å². The summed E-state index contributed by atoms with van der Waals surface area (Å²) in [7, 11) is -3.97. The topological polar surface area (TPSA) is 178 Å². The minimum absolute atomic E-state index is 0.113. The van der Waals surface area contributed by atoms with Crippen molar-refractivity contribution in [3.63, 3.8) is 0 Å². The van der Waals surface area contributed by atoms with Gasteiger partial charge >= 0.3 is 12.3 Å². The largest absolute Gasteiger partial charge is 0.465 e. The summed E-state index contributed by atoms with van der Waals surface area (Å²) in [5, 5.41) is 15.1. The number of likely N-dealkylation sites (tertiary alicyclic amines) is 1. The van der Waals surface area contributed by atoms with Crippen molar-refractivity contribution in [2.24, 2.45) is 17.3 Å². The predicted octanol–water partition coefficient (Wildman–Crippen LogP) is 4.41. The number of benzene rings is 1. The number of hydrogen-bond donors (Lipinski definition) is 4. The molecule has 2 saturated carbocycles. The summed E-state index contributed by atoms with van der Waals surface area (Å²) < 4.78 is 83.1. The third-order valence-electron chi connectivity index (χ3n) is 10.8. The van der Waals surface area contributed by atoms with Crippen molar-refractivity contribution in [1.29, 1.82) is 0 Å². The lowest BCUT2D eigenvalue weighted by molar-refractivity contribution is -0.141. The standard InChI is InChI=1S/C35H42F4N6O7S/c1-5-19-13-34(19,31(48)43-53(51,52)22-9-10-22)42-29(46)26-11-18(27-23-7-6-8-25(36)24(23)17-45(27)32(49)50)16-44(26)30(47)28(33(2,3)4)41-21-12-20(14-40-15-21)35(37,38)39/h6-8,12,14-15,18-19,22,26-28,41H,5,9-11,13,16-17H2,1-4H3,(H,42,46)(H,43,48)(H,49,50)/t18-,19-,26+,27?,28-,34-/m1/s1. The molecule has 1 aromatic heterocycles. The van der Waals surface area contributed by atoms with Gasteiger partial charge < -0.3 is 20.6 Å². The number of rotatable bonds is 10. The first-order valence-corrected chi connectivity index (χ1v) is 19.0. The summed E-state index contributed by atoms with van der Waals surface area (Å²) in [5.41, 5.74) is -3.18. The summed E-state index contributed by atoms with van der Waals surface area (Å²) in [6.45, 7) is 6.32. The maximum absolute atomic E-state index is 14.9. The number of pyridine rings is 1. The summed E-state index contributed by atoms with van der Waals surface area (Å²) in [6.07, 6.45) is -3.05. The zero-order chi connectivity index (χ0) is 38.8. The fourth-order valence-corrected chi connectivity index (χ4v) is 9.05. The third kappa shape index (κ3) is 7.38. The molecule has 1 saturated heterocycles. The third-order valence-corrected chi connectivity index (χ3v) is 12.6. The summed E-state index contributed by atoms with van der Waals surface area (Å²) in [6, 6.07) is 1.50. The van der Waals surface area contributed by atoms with Crippen LogP contribution in [-0.2, 0) is 37.1 Å². The SMILES string of the molecule is CC[C@@H]1C[C@]1(NC(=O)[C@@H]1C[C@@H](C2c3cccc(F)c3CN2C(=O)O)CN1C(=O)[C@@H](Nc1cncc(C(F)(F)F)c1)C(C)(C)C)C(=O)NS(=O)(=O)C1CC1. The number of carbonyl (C=O) groups excluding carboxylic acids is 3. The Hall–Kier alpha value is -4.48. The number of carboxylic acid groups (broad SMARTS) is 1. The number of alkyl halides is 3. The van der Waals surface area contributed by atoms with Crippen LogP contribution in [-0.4, -0.2) is 81.5 Å². The average molecular weight is 767 g/mol. The van der Waals surface area contributed by atoms with Crippen LogP contribution >= 0.6 is 0 Å². The van der Waals surface area contributed by atoms with Crippen LogP contribution in [0.4, 0.5) is 28.0 Å². The van der Waals surface area contributed by atoms with E-state index in [1.54, 1.807) is 33.8 Å². The Kier molecular flexibility index (Phi) is 9.69. The van der Waals surface area contributed by atoms with E-state index in [1.165, 1.54) is 17.0 Å². The molecule has 3 heterocycles. The predicted molar refractivity (Wildman–Crippen MR) is 182 cm³/mol. The van der Waals surface area contributed by atoms with Crippen LogP contribution < -0.4 is 15.4 Å². The molecule has 2 aromatic rings. The summed E-state index contributed by atoms with van der Waals surface area (Å²) in [4.78, 5) is 61.0. The van der Waals surface area contributed by atoms with Gasteiger partial charge in [0.05, 0.1) is 29.1 Å². The lowest BCUT2D eigenvalue weighted by atomic mass is 9.85. The molecule has 2 aliphatic carbocycles. The van der Waals surface area contributed by atoms with Gasteiger partial charge in [-0.3, -0.25) is 29.0 Å². The first-order valence-electron chi connectivity index (χ1n) is 17.4. The van der Waals surface area contributed by atoms with E-state index in [4.69, 9.17) is 0 Å². The number of fused-ring (bicyclic) bond motifs is 1. The number of sulfonamides is 1. The van der Waals surface area contributed by atoms with E-state index in [0.717, 1.165) is 17.2 Å². The monoisotopic (exact) mass is 766 g/mol. The van der Waals surface area contributed by atoms with Gasteiger partial charge in [0.2, 0.25) is 21.8 Å². The van der Waals surface area contributed by atoms with E-state index in [0.29, 0.717) is 31.0 Å². The molecular weight excluding hydrogens is 724 g/mol. The smallest absolute Gasteiger partial charge is 0.417 e. The van der Waals surface area contributed by atoms with Crippen LogP contribution in [0.25, 0.3) is 0 Å². The van der Waals surface area contributed by atoms with Crippen LogP contribution in [0.5, 0.6) is 0 Å². The molecule has 4 amide bonds. The highest BCUT2D eigenvalue weighted by Gasteiger charge is 2.62. The van der Waals surface area contributed by atoms with E-state index < -0.39 is 97.6 Å².